The van der Waals surface area contributed by atoms with Crippen LogP contribution in [0.25, 0.3) is 10.9 Å². The number of carboxylic acids is 1. The largest absolute Gasteiger partial charge is 0.497 e. The molecule has 210 valence electrons. The Morgan fingerprint density at radius 1 is 1.15 bits per heavy atom. The average molecular weight is 551 g/mol. The number of hydrogen-bond donors (Lipinski definition) is 1. The van der Waals surface area contributed by atoms with Gasteiger partial charge in [0.2, 0.25) is 0 Å². The number of aliphatic carboxylic acids is 1. The molecule has 0 aliphatic carbocycles. The van der Waals surface area contributed by atoms with Gasteiger partial charge in [0, 0.05) is 28.8 Å². The third-order valence-corrected chi connectivity index (χ3v) is 7.79. The Balaban J connectivity index is 1.39. The highest BCUT2D eigenvalue weighted by atomic mass is 19.2. The molecule has 1 N–H and O–H groups in total. The molecule has 0 saturated carbocycles. The summed E-state index contributed by atoms with van der Waals surface area (Å²) in [7, 11) is 1.47. The van der Waals surface area contributed by atoms with Gasteiger partial charge in [0.25, 0.3) is 0 Å². The van der Waals surface area contributed by atoms with E-state index in [0.29, 0.717) is 61.6 Å². The summed E-state index contributed by atoms with van der Waals surface area (Å²) in [6, 6.07) is 6.44. The lowest BCUT2D eigenvalue weighted by Crippen LogP contribution is -2.44. The fourth-order valence-corrected chi connectivity index (χ4v) is 5.44. The van der Waals surface area contributed by atoms with Crippen LogP contribution in [0.5, 0.6) is 5.75 Å². The molecule has 0 spiro atoms. The minimum Gasteiger partial charge on any atom is -0.497 e. The van der Waals surface area contributed by atoms with E-state index in [1.165, 1.54) is 13.3 Å². The predicted octanol–water partition coefficient (Wildman–Crippen LogP) is 6.72. The number of methoxy groups -OCH3 is 1. The fraction of sp³-hybridized carbons (Fsp3) is 0.448. The number of benzene rings is 2. The van der Waals surface area contributed by atoms with Gasteiger partial charge in [-0.2, -0.15) is 0 Å². The average Bonchev–Trinajstić information content (AvgIpc) is 2.93. The second-order valence-corrected chi connectivity index (χ2v) is 10.1. The van der Waals surface area contributed by atoms with E-state index >= 15 is 4.39 Å². The number of hydrogen-bond acceptors (Lipinski definition) is 4. The van der Waals surface area contributed by atoms with Crippen LogP contribution in [0.1, 0.15) is 55.0 Å². The normalized spacial score (nSPS) is 16.4. The van der Waals surface area contributed by atoms with Crippen molar-refractivity contribution < 1.29 is 36.6 Å². The molecule has 3 aromatic rings. The molecular weight excluding hydrogens is 519 g/mol. The third kappa shape index (κ3) is 6.32. The van der Waals surface area contributed by atoms with E-state index in [-0.39, 0.29) is 36.0 Å². The van der Waals surface area contributed by atoms with Crippen LogP contribution >= 0.6 is 0 Å². The van der Waals surface area contributed by atoms with Gasteiger partial charge in [-0.3, -0.25) is 9.78 Å². The second-order valence-electron chi connectivity index (χ2n) is 10.1. The van der Waals surface area contributed by atoms with Gasteiger partial charge in [-0.1, -0.05) is 0 Å². The zero-order chi connectivity index (χ0) is 28.2. The molecular formula is C29H31F5N2O3. The number of carbonyl (C=O) groups is 1. The first-order valence-electron chi connectivity index (χ1n) is 12.9. The van der Waals surface area contributed by atoms with Crippen molar-refractivity contribution in [2.45, 2.75) is 51.4 Å². The summed E-state index contributed by atoms with van der Waals surface area (Å²) in [5.41, 5.74) is -0.382. The Kier molecular flexibility index (Phi) is 9.04. The lowest BCUT2D eigenvalue weighted by molar-refractivity contribution is -0.153. The fourth-order valence-electron chi connectivity index (χ4n) is 5.44. The summed E-state index contributed by atoms with van der Waals surface area (Å²) in [6.45, 7) is 0.480. The van der Waals surface area contributed by atoms with E-state index < -0.39 is 41.7 Å². The van der Waals surface area contributed by atoms with E-state index in [9.17, 15) is 27.5 Å². The lowest BCUT2D eigenvalue weighted by atomic mass is 9.74. The number of pyridine rings is 1. The number of likely N-dealkylation sites (tertiary alicyclic amines) is 1. The maximum Gasteiger partial charge on any atom is 0.309 e. The number of alkyl halides is 2. The molecule has 1 fully saturated rings. The smallest absolute Gasteiger partial charge is 0.309 e. The highest BCUT2D eigenvalue weighted by Crippen LogP contribution is 2.41. The summed E-state index contributed by atoms with van der Waals surface area (Å²) in [5, 5.41) is 10.5. The SMILES string of the molecule is COc1ccc2ncc(CF)c([C@H](F)CCC3(C(=O)O)CCN(CCCc4cc(F)cc(F)c4F)CC3)c2c1. The van der Waals surface area contributed by atoms with Crippen LogP contribution in [-0.4, -0.2) is 47.7 Å². The number of carboxylic acid groups (broad SMARTS) is 1. The van der Waals surface area contributed by atoms with Crippen molar-refractivity contribution >= 4 is 16.9 Å². The van der Waals surface area contributed by atoms with Gasteiger partial charge in [0.15, 0.2) is 11.6 Å². The van der Waals surface area contributed by atoms with E-state index in [1.807, 2.05) is 4.90 Å². The number of piperidine rings is 1. The first-order valence-corrected chi connectivity index (χ1v) is 12.9. The quantitative estimate of drug-likeness (QED) is 0.212. The van der Waals surface area contributed by atoms with E-state index in [1.54, 1.807) is 18.2 Å². The number of aromatic nitrogens is 1. The van der Waals surface area contributed by atoms with Gasteiger partial charge in [-0.15, -0.1) is 0 Å². The molecule has 2 aromatic carbocycles. The number of fused-ring (bicyclic) bond motifs is 1. The van der Waals surface area contributed by atoms with Crippen molar-refractivity contribution in [3.63, 3.8) is 0 Å². The van der Waals surface area contributed by atoms with Crippen molar-refractivity contribution in [2.24, 2.45) is 5.41 Å². The minimum atomic E-state index is -1.59. The molecule has 1 atom stereocenters. The molecule has 1 aromatic heterocycles. The van der Waals surface area contributed by atoms with Gasteiger partial charge in [-0.05, 0) is 88.0 Å². The summed E-state index contributed by atoms with van der Waals surface area (Å²) >= 11 is 0. The van der Waals surface area contributed by atoms with E-state index in [4.69, 9.17) is 4.74 Å². The molecule has 0 bridgehead atoms. The Bertz CT molecular complexity index is 1320. The van der Waals surface area contributed by atoms with Crippen LogP contribution in [0.4, 0.5) is 22.0 Å². The summed E-state index contributed by atoms with van der Waals surface area (Å²) in [4.78, 5) is 18.5. The topological polar surface area (TPSA) is 62.7 Å². The Morgan fingerprint density at radius 3 is 2.56 bits per heavy atom. The van der Waals surface area contributed by atoms with Crippen LogP contribution in [0.15, 0.2) is 36.5 Å². The second kappa shape index (κ2) is 12.3. The number of ether oxygens (including phenoxy) is 1. The molecule has 0 radical (unpaired) electrons. The van der Waals surface area contributed by atoms with E-state index in [0.717, 1.165) is 6.07 Å². The van der Waals surface area contributed by atoms with Gasteiger partial charge in [-0.25, -0.2) is 22.0 Å². The molecule has 1 aliphatic heterocycles. The zero-order valence-corrected chi connectivity index (χ0v) is 21.7. The predicted molar refractivity (Wildman–Crippen MR) is 137 cm³/mol. The molecule has 0 unspecified atom stereocenters. The maximum absolute atomic E-state index is 15.7. The summed E-state index contributed by atoms with van der Waals surface area (Å²) in [6.07, 6.45) is 0.863. The lowest BCUT2D eigenvalue weighted by Gasteiger charge is -2.39. The van der Waals surface area contributed by atoms with Gasteiger partial charge in [0.05, 0.1) is 18.0 Å². The van der Waals surface area contributed by atoms with Crippen molar-refractivity contribution in [3.05, 3.63) is 70.7 Å². The van der Waals surface area contributed by atoms with Crippen LogP contribution in [-0.2, 0) is 17.9 Å². The van der Waals surface area contributed by atoms with Crippen molar-refractivity contribution in [1.29, 1.82) is 0 Å². The standard InChI is InChI=1S/C29H31F5N2O3/c1-39-21-4-5-25-22(15-21)26(19(16-30)17-35-25)23(32)6-7-29(28(37)38)8-11-36(12-9-29)10-2-3-18-13-20(31)14-24(33)27(18)34/h4-5,13-15,17,23H,2-3,6-12,16H2,1H3,(H,37,38)/t23-/m1/s1. The van der Waals surface area contributed by atoms with Crippen LogP contribution in [0.2, 0.25) is 0 Å². The zero-order valence-electron chi connectivity index (χ0n) is 21.7. The molecule has 39 heavy (non-hydrogen) atoms. The van der Waals surface area contributed by atoms with Gasteiger partial charge >= 0.3 is 5.97 Å². The third-order valence-electron chi connectivity index (χ3n) is 7.79. The molecule has 4 rings (SSSR count). The molecule has 5 nitrogen and oxygen atoms in total. The maximum atomic E-state index is 15.7. The van der Waals surface area contributed by atoms with Crippen molar-refractivity contribution in [1.82, 2.24) is 9.88 Å². The highest BCUT2D eigenvalue weighted by molar-refractivity contribution is 5.85. The molecule has 1 saturated heterocycles. The number of aryl methyl sites for hydroxylation is 1. The Labute approximate surface area is 223 Å². The number of nitrogens with zero attached hydrogens (tertiary/aromatic N) is 2. The molecule has 10 heteroatoms. The van der Waals surface area contributed by atoms with Crippen LogP contribution in [0, 0.1) is 22.9 Å². The first kappa shape index (κ1) is 28.7. The molecule has 2 heterocycles. The molecule has 0 amide bonds. The van der Waals surface area contributed by atoms with Crippen LogP contribution in [0.3, 0.4) is 0 Å². The van der Waals surface area contributed by atoms with Gasteiger partial charge in [0.1, 0.15) is 24.4 Å². The van der Waals surface area contributed by atoms with E-state index in [2.05, 4.69) is 4.98 Å². The Morgan fingerprint density at radius 2 is 1.90 bits per heavy atom. The number of rotatable bonds is 11. The van der Waals surface area contributed by atoms with Crippen LogP contribution < -0.4 is 4.74 Å². The summed E-state index contributed by atoms with van der Waals surface area (Å²) in [5.74, 6) is -3.64. The van der Waals surface area contributed by atoms with Crippen molar-refractivity contribution in [2.75, 3.05) is 26.7 Å². The minimum absolute atomic E-state index is 0.0349. The monoisotopic (exact) mass is 550 g/mol. The Hall–Kier alpha value is -3.27. The number of halogens is 5. The molecule has 1 aliphatic rings. The van der Waals surface area contributed by atoms with Gasteiger partial charge < -0.3 is 14.7 Å². The highest BCUT2D eigenvalue weighted by Gasteiger charge is 2.41. The first-order chi connectivity index (χ1) is 18.7. The van der Waals surface area contributed by atoms with Crippen molar-refractivity contribution in [3.8, 4) is 5.75 Å². The summed E-state index contributed by atoms with van der Waals surface area (Å²) < 4.78 is 75.5.